The van der Waals surface area contributed by atoms with Gasteiger partial charge in [-0.25, -0.2) is 8.42 Å². The first-order chi connectivity index (χ1) is 7.99. The zero-order chi connectivity index (χ0) is 12.6. The van der Waals surface area contributed by atoms with Gasteiger partial charge in [-0.05, 0) is 5.56 Å². The maximum absolute atomic E-state index is 11.8. The van der Waals surface area contributed by atoms with Crippen LogP contribution in [-0.2, 0) is 14.6 Å². The monoisotopic (exact) mass is 254 g/mol. The number of carbonyl (C=O) groups is 1. The molecule has 1 aliphatic carbocycles. The summed E-state index contributed by atoms with van der Waals surface area (Å²) in [4.78, 5) is 11.1. The minimum atomic E-state index is -3.30. The number of sulfone groups is 1. The van der Waals surface area contributed by atoms with Crippen LogP contribution in [0.4, 0.5) is 0 Å². The fourth-order valence-corrected chi connectivity index (χ4v) is 4.09. The summed E-state index contributed by atoms with van der Waals surface area (Å²) < 4.78 is 23.6. The van der Waals surface area contributed by atoms with E-state index >= 15 is 0 Å². The molecule has 0 unspecified atom stereocenters. The highest BCUT2D eigenvalue weighted by Crippen LogP contribution is 2.52. The molecule has 1 saturated carbocycles. The van der Waals surface area contributed by atoms with E-state index in [1.54, 1.807) is 31.2 Å². The Labute approximate surface area is 100 Å². The molecule has 0 amide bonds. The maximum Gasteiger partial charge on any atom is 0.308 e. The van der Waals surface area contributed by atoms with Crippen molar-refractivity contribution in [1.82, 2.24) is 0 Å². The van der Waals surface area contributed by atoms with E-state index in [0.29, 0.717) is 0 Å². The van der Waals surface area contributed by atoms with Gasteiger partial charge in [-0.2, -0.15) is 0 Å². The normalized spacial score (nSPS) is 27.7. The summed E-state index contributed by atoms with van der Waals surface area (Å²) >= 11 is 0. The van der Waals surface area contributed by atoms with E-state index in [-0.39, 0.29) is 5.75 Å². The summed E-state index contributed by atoms with van der Waals surface area (Å²) in [6.45, 7) is 1.55. The van der Waals surface area contributed by atoms with Gasteiger partial charge in [0.05, 0.1) is 11.2 Å². The first-order valence-corrected chi connectivity index (χ1v) is 7.20. The van der Waals surface area contributed by atoms with Gasteiger partial charge in [-0.15, -0.1) is 0 Å². The molecule has 3 atom stereocenters. The van der Waals surface area contributed by atoms with Crippen LogP contribution >= 0.6 is 0 Å². The Balaban J connectivity index is 2.34. The SMILES string of the molecule is CCS(=O)(=O)[C@H]1[C@H](C(=O)O)[C@@H]1c1ccccc1. The van der Waals surface area contributed by atoms with E-state index in [2.05, 4.69) is 0 Å². The van der Waals surface area contributed by atoms with Crippen LogP contribution in [0.5, 0.6) is 0 Å². The minimum Gasteiger partial charge on any atom is -0.481 e. The third kappa shape index (κ3) is 2.07. The van der Waals surface area contributed by atoms with Crippen molar-refractivity contribution in [3.63, 3.8) is 0 Å². The summed E-state index contributed by atoms with van der Waals surface area (Å²) in [7, 11) is -3.30. The van der Waals surface area contributed by atoms with Crippen molar-refractivity contribution in [3.8, 4) is 0 Å². The van der Waals surface area contributed by atoms with Gasteiger partial charge in [-0.1, -0.05) is 37.3 Å². The predicted octanol–water partition coefficient (Wildman–Crippen LogP) is 1.29. The molecule has 2 rings (SSSR count). The quantitative estimate of drug-likeness (QED) is 0.878. The van der Waals surface area contributed by atoms with Crippen molar-refractivity contribution in [2.75, 3.05) is 5.75 Å². The number of hydrogen-bond donors (Lipinski definition) is 1. The van der Waals surface area contributed by atoms with Crippen LogP contribution in [0.2, 0.25) is 0 Å². The van der Waals surface area contributed by atoms with Gasteiger partial charge in [0.15, 0.2) is 9.84 Å². The van der Waals surface area contributed by atoms with E-state index in [0.717, 1.165) is 5.56 Å². The van der Waals surface area contributed by atoms with Gasteiger partial charge in [0.2, 0.25) is 0 Å². The summed E-state index contributed by atoms with van der Waals surface area (Å²) in [5.41, 5.74) is 0.793. The maximum atomic E-state index is 11.8. The molecule has 0 radical (unpaired) electrons. The molecule has 0 aliphatic heterocycles. The third-order valence-corrected chi connectivity index (χ3v) is 5.46. The molecule has 1 aromatic rings. The zero-order valence-electron chi connectivity index (χ0n) is 9.41. The number of rotatable bonds is 4. The van der Waals surface area contributed by atoms with E-state index < -0.39 is 32.9 Å². The van der Waals surface area contributed by atoms with Crippen molar-refractivity contribution in [2.45, 2.75) is 18.1 Å². The summed E-state index contributed by atoms with van der Waals surface area (Å²) in [5, 5.41) is 8.29. The molecule has 1 aromatic carbocycles. The lowest BCUT2D eigenvalue weighted by Gasteiger charge is -1.99. The Morgan fingerprint density at radius 2 is 1.88 bits per heavy atom. The second-order valence-electron chi connectivity index (χ2n) is 4.22. The smallest absolute Gasteiger partial charge is 0.308 e. The van der Waals surface area contributed by atoms with Crippen LogP contribution in [0.3, 0.4) is 0 Å². The Morgan fingerprint density at radius 3 is 2.35 bits per heavy atom. The molecular formula is C12H14O4S. The Bertz CT molecular complexity index is 521. The molecule has 1 aliphatic rings. The molecule has 1 N–H and O–H groups in total. The van der Waals surface area contributed by atoms with Gasteiger partial charge in [0.25, 0.3) is 0 Å². The fraction of sp³-hybridized carbons (Fsp3) is 0.417. The summed E-state index contributed by atoms with van der Waals surface area (Å²) in [5.74, 6) is -2.22. The van der Waals surface area contributed by atoms with Gasteiger partial charge < -0.3 is 5.11 Å². The van der Waals surface area contributed by atoms with Gasteiger partial charge in [0, 0.05) is 11.7 Å². The van der Waals surface area contributed by atoms with Crippen molar-refractivity contribution >= 4 is 15.8 Å². The lowest BCUT2D eigenvalue weighted by molar-refractivity contribution is -0.138. The highest BCUT2D eigenvalue weighted by Gasteiger charge is 2.62. The molecule has 0 heterocycles. The number of carboxylic acid groups (broad SMARTS) is 1. The molecule has 0 bridgehead atoms. The molecule has 4 nitrogen and oxygen atoms in total. The average molecular weight is 254 g/mol. The Kier molecular flexibility index (Phi) is 2.95. The topological polar surface area (TPSA) is 71.4 Å². The van der Waals surface area contributed by atoms with Crippen LogP contribution < -0.4 is 0 Å². The van der Waals surface area contributed by atoms with Gasteiger partial charge in [-0.3, -0.25) is 4.79 Å². The lowest BCUT2D eigenvalue weighted by Crippen LogP contribution is -2.14. The average Bonchev–Trinajstić information content (AvgIpc) is 3.06. The van der Waals surface area contributed by atoms with Crippen molar-refractivity contribution in [1.29, 1.82) is 0 Å². The summed E-state index contributed by atoms with van der Waals surface area (Å²) in [6.07, 6.45) is 0. The van der Waals surface area contributed by atoms with E-state index in [9.17, 15) is 13.2 Å². The predicted molar refractivity (Wildman–Crippen MR) is 63.6 cm³/mol. The first kappa shape index (κ1) is 12.1. The number of benzene rings is 1. The largest absolute Gasteiger partial charge is 0.481 e. The molecule has 5 heteroatoms. The molecule has 1 fully saturated rings. The molecular weight excluding hydrogens is 240 g/mol. The molecule has 0 spiro atoms. The van der Waals surface area contributed by atoms with Crippen molar-refractivity contribution in [3.05, 3.63) is 35.9 Å². The second-order valence-corrected chi connectivity index (χ2v) is 6.66. The van der Waals surface area contributed by atoms with Gasteiger partial charge >= 0.3 is 5.97 Å². The molecule has 0 aromatic heterocycles. The Hall–Kier alpha value is -1.36. The highest BCUT2D eigenvalue weighted by atomic mass is 32.2. The fourth-order valence-electron chi connectivity index (χ4n) is 2.29. The molecule has 0 saturated heterocycles. The highest BCUT2D eigenvalue weighted by molar-refractivity contribution is 7.92. The Morgan fingerprint density at radius 1 is 1.29 bits per heavy atom. The van der Waals surface area contributed by atoms with E-state index in [4.69, 9.17) is 5.11 Å². The zero-order valence-corrected chi connectivity index (χ0v) is 10.2. The number of aliphatic carboxylic acids is 1. The minimum absolute atomic E-state index is 0.00915. The van der Waals surface area contributed by atoms with Crippen LogP contribution in [0.25, 0.3) is 0 Å². The summed E-state index contributed by atoms with van der Waals surface area (Å²) in [6, 6.07) is 8.98. The lowest BCUT2D eigenvalue weighted by atomic mass is 10.1. The van der Waals surface area contributed by atoms with E-state index in [1.165, 1.54) is 0 Å². The third-order valence-electron chi connectivity index (χ3n) is 3.24. The van der Waals surface area contributed by atoms with Crippen molar-refractivity contribution in [2.24, 2.45) is 5.92 Å². The number of carboxylic acids is 1. The van der Waals surface area contributed by atoms with E-state index in [1.807, 2.05) is 6.07 Å². The van der Waals surface area contributed by atoms with Crippen molar-refractivity contribution < 1.29 is 18.3 Å². The first-order valence-electron chi connectivity index (χ1n) is 5.48. The molecule has 17 heavy (non-hydrogen) atoms. The van der Waals surface area contributed by atoms with Gasteiger partial charge in [0.1, 0.15) is 0 Å². The van der Waals surface area contributed by atoms with Crippen LogP contribution in [-0.4, -0.2) is 30.5 Å². The number of hydrogen-bond acceptors (Lipinski definition) is 3. The second kappa shape index (κ2) is 4.14. The van der Waals surface area contributed by atoms with Crippen LogP contribution in [0, 0.1) is 5.92 Å². The van der Waals surface area contributed by atoms with Crippen LogP contribution in [0.15, 0.2) is 30.3 Å². The standard InChI is InChI=1S/C12H14O4S/c1-2-17(15,16)11-9(10(11)12(13)14)8-6-4-3-5-7-8/h3-7,9-11H,2H2,1H3,(H,13,14)/t9-,10+,11+/m0/s1. The van der Waals surface area contributed by atoms with Crippen LogP contribution in [0.1, 0.15) is 18.4 Å². The molecule has 92 valence electrons.